The predicted molar refractivity (Wildman–Crippen MR) is 112 cm³/mol. The Hall–Kier alpha value is -2.87. The Morgan fingerprint density at radius 3 is 2.71 bits per heavy atom. The Kier molecular flexibility index (Phi) is 4.97. The smallest absolute Gasteiger partial charge is 0.339 e. The number of ether oxygens (including phenoxy) is 2. The van der Waals surface area contributed by atoms with Gasteiger partial charge in [-0.3, -0.25) is 9.59 Å². The van der Waals surface area contributed by atoms with E-state index in [9.17, 15) is 14.4 Å². The van der Waals surface area contributed by atoms with Gasteiger partial charge in [0.25, 0.3) is 5.91 Å². The fraction of sp³-hybridized carbons (Fsp3) is 0.522. The number of morpholine rings is 1. The molecule has 3 aliphatic rings. The molecule has 1 N–H and O–H groups in total. The number of nitrogens with one attached hydrogen (secondary N) is 1. The van der Waals surface area contributed by atoms with Gasteiger partial charge in [0.1, 0.15) is 17.9 Å². The van der Waals surface area contributed by atoms with Gasteiger partial charge in [-0.1, -0.05) is 0 Å². The molecule has 8 nitrogen and oxygen atoms in total. The fourth-order valence-electron chi connectivity index (χ4n) is 4.92. The number of likely N-dealkylation sites (tertiary alicyclic amines) is 1. The lowest BCUT2D eigenvalue weighted by Gasteiger charge is -2.43. The van der Waals surface area contributed by atoms with Crippen molar-refractivity contribution in [2.45, 2.75) is 44.6 Å². The summed E-state index contributed by atoms with van der Waals surface area (Å²) in [6, 6.07) is 3.78. The highest BCUT2D eigenvalue weighted by Crippen LogP contribution is 2.33. The summed E-state index contributed by atoms with van der Waals surface area (Å²) in [4.78, 5) is 38.1. The maximum atomic E-state index is 12.7. The van der Waals surface area contributed by atoms with Crippen LogP contribution in [0, 0.1) is 6.92 Å². The zero-order valence-electron chi connectivity index (χ0n) is 17.6. The van der Waals surface area contributed by atoms with Gasteiger partial charge in [0, 0.05) is 36.1 Å². The van der Waals surface area contributed by atoms with Crippen molar-refractivity contribution in [3.05, 3.63) is 39.2 Å². The Bertz CT molecular complexity index is 1100. The van der Waals surface area contributed by atoms with Crippen LogP contribution in [0.3, 0.4) is 0 Å². The number of hydrogen-bond donors (Lipinski definition) is 1. The molecule has 0 atom stereocenters. The van der Waals surface area contributed by atoms with Gasteiger partial charge in [-0.2, -0.15) is 0 Å². The van der Waals surface area contributed by atoms with Crippen molar-refractivity contribution >= 4 is 22.8 Å². The molecule has 5 rings (SSSR count). The molecule has 164 valence electrons. The van der Waals surface area contributed by atoms with Crippen LogP contribution in [0.5, 0.6) is 5.75 Å². The minimum atomic E-state index is -0.363. The van der Waals surface area contributed by atoms with Gasteiger partial charge in [-0.05, 0) is 56.7 Å². The molecule has 1 aromatic heterocycles. The molecule has 1 spiro atoms. The third-order valence-electron chi connectivity index (χ3n) is 6.84. The third-order valence-corrected chi connectivity index (χ3v) is 6.84. The SMILES string of the molecule is Cc1c(OCC(=O)N2CCC3(CC2)CNC(=O)CO3)ccc2c3c(c(=O)oc12)CCC3. The molecule has 31 heavy (non-hydrogen) atoms. The average molecular weight is 426 g/mol. The molecule has 2 fully saturated rings. The number of hydrogen-bond acceptors (Lipinski definition) is 6. The molecule has 3 heterocycles. The van der Waals surface area contributed by atoms with Crippen molar-refractivity contribution in [3.63, 3.8) is 0 Å². The minimum Gasteiger partial charge on any atom is -0.483 e. The predicted octanol–water partition coefficient (Wildman–Crippen LogP) is 1.48. The van der Waals surface area contributed by atoms with Gasteiger partial charge < -0.3 is 24.1 Å². The Morgan fingerprint density at radius 1 is 1.19 bits per heavy atom. The van der Waals surface area contributed by atoms with E-state index >= 15 is 0 Å². The number of rotatable bonds is 3. The summed E-state index contributed by atoms with van der Waals surface area (Å²) in [6.07, 6.45) is 4.00. The second kappa shape index (κ2) is 7.67. The molecule has 1 aliphatic carbocycles. The number of nitrogens with zero attached hydrogens (tertiary/aromatic N) is 1. The van der Waals surface area contributed by atoms with E-state index in [1.165, 1.54) is 0 Å². The summed E-state index contributed by atoms with van der Waals surface area (Å²) < 4.78 is 17.2. The van der Waals surface area contributed by atoms with Gasteiger partial charge in [0.15, 0.2) is 6.61 Å². The van der Waals surface area contributed by atoms with Crippen LogP contribution in [0.4, 0.5) is 0 Å². The molecular weight excluding hydrogens is 400 g/mol. The van der Waals surface area contributed by atoms with Crippen molar-refractivity contribution in [2.75, 3.05) is 32.8 Å². The monoisotopic (exact) mass is 426 g/mol. The molecule has 0 radical (unpaired) electrons. The zero-order valence-corrected chi connectivity index (χ0v) is 17.6. The van der Waals surface area contributed by atoms with E-state index in [2.05, 4.69) is 5.32 Å². The quantitative estimate of drug-likeness (QED) is 0.747. The van der Waals surface area contributed by atoms with Gasteiger partial charge in [-0.15, -0.1) is 0 Å². The average Bonchev–Trinajstić information content (AvgIpc) is 3.27. The van der Waals surface area contributed by atoms with Crippen LogP contribution in [0.1, 0.15) is 36.0 Å². The second-order valence-electron chi connectivity index (χ2n) is 8.68. The zero-order chi connectivity index (χ0) is 21.6. The van der Waals surface area contributed by atoms with Crippen molar-refractivity contribution in [1.82, 2.24) is 10.2 Å². The van der Waals surface area contributed by atoms with E-state index in [-0.39, 0.29) is 36.3 Å². The van der Waals surface area contributed by atoms with Gasteiger partial charge in [0.2, 0.25) is 5.91 Å². The molecular formula is C23H26N2O6. The first kappa shape index (κ1) is 20.1. The minimum absolute atomic E-state index is 0.0773. The van der Waals surface area contributed by atoms with Crippen molar-refractivity contribution in [3.8, 4) is 5.75 Å². The van der Waals surface area contributed by atoms with Crippen molar-refractivity contribution in [2.24, 2.45) is 0 Å². The maximum absolute atomic E-state index is 12.7. The normalized spacial score (nSPS) is 20.0. The number of amides is 2. The highest BCUT2D eigenvalue weighted by Gasteiger charge is 2.40. The second-order valence-corrected chi connectivity index (χ2v) is 8.68. The highest BCUT2D eigenvalue weighted by molar-refractivity contribution is 5.86. The van der Waals surface area contributed by atoms with E-state index in [0.717, 1.165) is 41.3 Å². The number of carbonyl (C=O) groups excluding carboxylic acids is 2. The summed E-state index contributed by atoms with van der Waals surface area (Å²) >= 11 is 0. The topological polar surface area (TPSA) is 98.1 Å². The van der Waals surface area contributed by atoms with Crippen LogP contribution in [-0.4, -0.2) is 55.2 Å². The first-order chi connectivity index (χ1) is 15.0. The van der Waals surface area contributed by atoms with Crippen LogP contribution >= 0.6 is 0 Å². The lowest BCUT2D eigenvalue weighted by molar-refractivity contribution is -0.155. The van der Waals surface area contributed by atoms with Gasteiger partial charge >= 0.3 is 5.63 Å². The molecule has 2 amide bonds. The summed E-state index contributed by atoms with van der Waals surface area (Å²) in [5.41, 5.74) is 2.53. The number of aryl methyl sites for hydroxylation is 2. The van der Waals surface area contributed by atoms with Crippen LogP contribution in [0.2, 0.25) is 0 Å². The molecule has 0 bridgehead atoms. The summed E-state index contributed by atoms with van der Waals surface area (Å²) in [5.74, 6) is 0.363. The number of fused-ring (bicyclic) bond motifs is 3. The van der Waals surface area contributed by atoms with Crippen LogP contribution in [-0.2, 0) is 27.2 Å². The fourth-order valence-corrected chi connectivity index (χ4v) is 4.92. The highest BCUT2D eigenvalue weighted by atomic mass is 16.5. The summed E-state index contributed by atoms with van der Waals surface area (Å²) in [7, 11) is 0. The molecule has 0 unspecified atom stereocenters. The van der Waals surface area contributed by atoms with E-state index in [1.54, 1.807) is 4.90 Å². The molecule has 8 heteroatoms. The number of piperidine rings is 1. The van der Waals surface area contributed by atoms with E-state index in [4.69, 9.17) is 13.9 Å². The number of carbonyl (C=O) groups is 2. The van der Waals surface area contributed by atoms with Crippen molar-refractivity contribution in [1.29, 1.82) is 0 Å². The van der Waals surface area contributed by atoms with Crippen LogP contribution < -0.4 is 15.7 Å². The molecule has 0 saturated carbocycles. The van der Waals surface area contributed by atoms with Gasteiger partial charge in [0.05, 0.1) is 5.60 Å². The molecule has 2 aromatic rings. The number of benzene rings is 1. The molecule has 2 saturated heterocycles. The Morgan fingerprint density at radius 2 is 1.97 bits per heavy atom. The van der Waals surface area contributed by atoms with E-state index < -0.39 is 0 Å². The molecule has 2 aliphatic heterocycles. The van der Waals surface area contributed by atoms with Crippen LogP contribution in [0.15, 0.2) is 21.3 Å². The first-order valence-corrected chi connectivity index (χ1v) is 10.9. The maximum Gasteiger partial charge on any atom is 0.339 e. The summed E-state index contributed by atoms with van der Waals surface area (Å²) in [5, 5.41) is 3.81. The lowest BCUT2D eigenvalue weighted by Crippen LogP contribution is -2.58. The Labute approximate surface area is 179 Å². The lowest BCUT2D eigenvalue weighted by atomic mass is 9.90. The van der Waals surface area contributed by atoms with E-state index in [0.29, 0.717) is 43.8 Å². The van der Waals surface area contributed by atoms with E-state index in [1.807, 2.05) is 19.1 Å². The molecule has 1 aromatic carbocycles. The van der Waals surface area contributed by atoms with Crippen molar-refractivity contribution < 1.29 is 23.5 Å². The third kappa shape index (κ3) is 3.59. The largest absolute Gasteiger partial charge is 0.483 e. The summed E-state index contributed by atoms with van der Waals surface area (Å²) in [6.45, 7) is 3.48. The first-order valence-electron chi connectivity index (χ1n) is 10.9. The standard InChI is InChI=1S/C23H26N2O6/c1-14-18(6-5-16-15-3-2-4-17(15)22(28)31-21(14)16)29-12-20(27)25-9-7-23(8-10-25)13-24-19(26)11-30-23/h5-6H,2-4,7-13H2,1H3,(H,24,26). The van der Waals surface area contributed by atoms with Crippen LogP contribution in [0.25, 0.3) is 11.0 Å². The van der Waals surface area contributed by atoms with Gasteiger partial charge in [-0.25, -0.2) is 4.79 Å². The Balaban J connectivity index is 1.25.